The molecule has 0 spiro atoms. The summed E-state index contributed by atoms with van der Waals surface area (Å²) in [4.78, 5) is 0. The van der Waals surface area contributed by atoms with E-state index in [0.717, 1.165) is 32.3 Å². The molecule has 90 valence electrons. The number of ether oxygens (including phenoxy) is 2. The van der Waals surface area contributed by atoms with Gasteiger partial charge in [-0.3, -0.25) is 0 Å². The van der Waals surface area contributed by atoms with Crippen molar-refractivity contribution in [3.05, 3.63) is 0 Å². The lowest BCUT2D eigenvalue weighted by Crippen LogP contribution is -2.42. The van der Waals surface area contributed by atoms with Crippen molar-refractivity contribution in [1.82, 2.24) is 0 Å². The van der Waals surface area contributed by atoms with Gasteiger partial charge in [-0.25, -0.2) is 0 Å². The zero-order valence-electron chi connectivity index (χ0n) is 10.7. The third-order valence-electron chi connectivity index (χ3n) is 3.37. The summed E-state index contributed by atoms with van der Waals surface area (Å²) >= 11 is 0. The van der Waals surface area contributed by atoms with Gasteiger partial charge in [-0.05, 0) is 25.7 Å². The highest BCUT2D eigenvalue weighted by atomic mass is 16.7. The molecule has 2 heteroatoms. The summed E-state index contributed by atoms with van der Waals surface area (Å²) < 4.78 is 12.2. The Balaban J connectivity index is 2.68. The Hall–Kier alpha value is -0.0800. The maximum Gasteiger partial charge on any atom is 0.170 e. The zero-order valence-corrected chi connectivity index (χ0v) is 10.7. The van der Waals surface area contributed by atoms with E-state index in [1.54, 1.807) is 0 Å². The Morgan fingerprint density at radius 2 is 2.07 bits per heavy atom. The molecular weight excluding hydrogens is 188 g/mol. The summed E-state index contributed by atoms with van der Waals surface area (Å²) in [6, 6.07) is 0. The van der Waals surface area contributed by atoms with E-state index in [-0.39, 0.29) is 5.79 Å². The topological polar surface area (TPSA) is 18.5 Å². The molecule has 1 aliphatic heterocycles. The van der Waals surface area contributed by atoms with Crippen molar-refractivity contribution < 1.29 is 9.47 Å². The fourth-order valence-electron chi connectivity index (χ4n) is 2.35. The second-order valence-electron chi connectivity index (χ2n) is 4.84. The lowest BCUT2D eigenvalue weighted by Gasteiger charge is -2.37. The normalized spacial score (nSPS) is 33.0. The van der Waals surface area contributed by atoms with E-state index < -0.39 is 0 Å². The molecule has 1 aliphatic rings. The molecule has 0 aliphatic carbocycles. The SMILES string of the molecule is CCCC1CCCOC(CC)(C(C)C)O1. The summed E-state index contributed by atoms with van der Waals surface area (Å²) in [5.74, 6) is 0.107. The molecule has 2 unspecified atom stereocenters. The fraction of sp³-hybridized carbons (Fsp3) is 1.00. The van der Waals surface area contributed by atoms with Crippen molar-refractivity contribution in [1.29, 1.82) is 0 Å². The van der Waals surface area contributed by atoms with Crippen molar-refractivity contribution in [2.24, 2.45) is 5.92 Å². The van der Waals surface area contributed by atoms with Gasteiger partial charge in [0.15, 0.2) is 5.79 Å². The summed E-state index contributed by atoms with van der Waals surface area (Å²) in [6.07, 6.45) is 6.01. The van der Waals surface area contributed by atoms with E-state index in [1.165, 1.54) is 6.42 Å². The van der Waals surface area contributed by atoms with Crippen LogP contribution < -0.4 is 0 Å². The molecule has 2 nitrogen and oxygen atoms in total. The minimum Gasteiger partial charge on any atom is -0.350 e. The van der Waals surface area contributed by atoms with Crippen molar-refractivity contribution >= 4 is 0 Å². The minimum atomic E-state index is -0.323. The van der Waals surface area contributed by atoms with E-state index in [9.17, 15) is 0 Å². The van der Waals surface area contributed by atoms with Gasteiger partial charge in [0, 0.05) is 5.92 Å². The molecule has 0 aromatic rings. The smallest absolute Gasteiger partial charge is 0.170 e. The largest absolute Gasteiger partial charge is 0.350 e. The number of rotatable bonds is 4. The van der Waals surface area contributed by atoms with Crippen LogP contribution >= 0.6 is 0 Å². The minimum absolute atomic E-state index is 0.323. The van der Waals surface area contributed by atoms with Gasteiger partial charge in [0.1, 0.15) is 0 Å². The monoisotopic (exact) mass is 214 g/mol. The molecule has 0 aromatic carbocycles. The molecular formula is C13H26O2. The van der Waals surface area contributed by atoms with Crippen LogP contribution in [-0.4, -0.2) is 18.5 Å². The maximum absolute atomic E-state index is 6.23. The van der Waals surface area contributed by atoms with Crippen LogP contribution in [0.5, 0.6) is 0 Å². The third kappa shape index (κ3) is 3.18. The third-order valence-corrected chi connectivity index (χ3v) is 3.37. The molecule has 0 N–H and O–H groups in total. The summed E-state index contributed by atoms with van der Waals surface area (Å²) in [7, 11) is 0. The van der Waals surface area contributed by atoms with Crippen molar-refractivity contribution in [2.75, 3.05) is 6.61 Å². The van der Waals surface area contributed by atoms with Gasteiger partial charge < -0.3 is 9.47 Å². The Kier molecular flexibility index (Phi) is 5.07. The van der Waals surface area contributed by atoms with Crippen LogP contribution in [0.3, 0.4) is 0 Å². The first-order chi connectivity index (χ1) is 7.14. The van der Waals surface area contributed by atoms with Gasteiger partial charge in [0.05, 0.1) is 12.7 Å². The van der Waals surface area contributed by atoms with Crippen molar-refractivity contribution in [2.45, 2.75) is 71.7 Å². The first-order valence-corrected chi connectivity index (χ1v) is 6.46. The molecule has 1 saturated heterocycles. The highest BCUT2D eigenvalue weighted by molar-refractivity contribution is 4.77. The Morgan fingerprint density at radius 3 is 2.60 bits per heavy atom. The molecule has 15 heavy (non-hydrogen) atoms. The van der Waals surface area contributed by atoms with Crippen LogP contribution in [0.4, 0.5) is 0 Å². The Morgan fingerprint density at radius 1 is 1.33 bits per heavy atom. The lowest BCUT2D eigenvalue weighted by molar-refractivity contribution is -0.271. The maximum atomic E-state index is 6.23. The molecule has 0 radical (unpaired) electrons. The van der Waals surface area contributed by atoms with Crippen LogP contribution in [0.2, 0.25) is 0 Å². The highest BCUT2D eigenvalue weighted by Crippen LogP contribution is 2.33. The van der Waals surface area contributed by atoms with Gasteiger partial charge in [-0.15, -0.1) is 0 Å². The van der Waals surface area contributed by atoms with Crippen LogP contribution in [0.25, 0.3) is 0 Å². The standard InChI is InChI=1S/C13H26O2/c1-5-8-12-9-7-10-14-13(6-2,15-12)11(3)4/h11-12H,5-10H2,1-4H3. The Bertz CT molecular complexity index is 179. The summed E-state index contributed by atoms with van der Waals surface area (Å²) in [5.41, 5.74) is 0. The van der Waals surface area contributed by atoms with E-state index in [1.807, 2.05) is 0 Å². The molecule has 1 heterocycles. The highest BCUT2D eigenvalue weighted by Gasteiger charge is 2.38. The van der Waals surface area contributed by atoms with Gasteiger partial charge >= 0.3 is 0 Å². The van der Waals surface area contributed by atoms with Gasteiger partial charge in [-0.1, -0.05) is 34.1 Å². The predicted molar refractivity (Wildman–Crippen MR) is 62.8 cm³/mol. The van der Waals surface area contributed by atoms with Crippen molar-refractivity contribution in [3.63, 3.8) is 0 Å². The Labute approximate surface area is 94.3 Å². The average molecular weight is 214 g/mol. The van der Waals surface area contributed by atoms with Gasteiger partial charge in [-0.2, -0.15) is 0 Å². The molecule has 1 rings (SSSR count). The van der Waals surface area contributed by atoms with Crippen LogP contribution in [-0.2, 0) is 9.47 Å². The van der Waals surface area contributed by atoms with Crippen LogP contribution in [0.1, 0.15) is 59.8 Å². The summed E-state index contributed by atoms with van der Waals surface area (Å²) in [6.45, 7) is 9.62. The zero-order chi connectivity index (χ0) is 11.3. The molecule has 2 atom stereocenters. The van der Waals surface area contributed by atoms with Gasteiger partial charge in [0.2, 0.25) is 0 Å². The molecule has 0 aromatic heterocycles. The molecule has 0 amide bonds. The van der Waals surface area contributed by atoms with E-state index >= 15 is 0 Å². The quantitative estimate of drug-likeness (QED) is 0.709. The number of hydrogen-bond acceptors (Lipinski definition) is 2. The second kappa shape index (κ2) is 5.86. The second-order valence-corrected chi connectivity index (χ2v) is 4.84. The first kappa shape index (κ1) is 13.0. The summed E-state index contributed by atoms with van der Waals surface area (Å²) in [5, 5.41) is 0. The van der Waals surface area contributed by atoms with E-state index in [2.05, 4.69) is 27.7 Å². The average Bonchev–Trinajstić information content (AvgIpc) is 2.42. The lowest BCUT2D eigenvalue weighted by atomic mass is 9.99. The van der Waals surface area contributed by atoms with Gasteiger partial charge in [0.25, 0.3) is 0 Å². The predicted octanol–water partition coefficient (Wildman–Crippen LogP) is 3.74. The first-order valence-electron chi connectivity index (χ1n) is 6.46. The van der Waals surface area contributed by atoms with Crippen LogP contribution in [0.15, 0.2) is 0 Å². The molecule has 0 bridgehead atoms. The number of hydrogen-bond donors (Lipinski definition) is 0. The molecule has 1 fully saturated rings. The van der Waals surface area contributed by atoms with Crippen molar-refractivity contribution in [3.8, 4) is 0 Å². The van der Waals surface area contributed by atoms with Crippen LogP contribution in [0, 0.1) is 5.92 Å². The molecule has 0 saturated carbocycles. The fourth-order valence-corrected chi connectivity index (χ4v) is 2.35. The van der Waals surface area contributed by atoms with E-state index in [4.69, 9.17) is 9.47 Å². The van der Waals surface area contributed by atoms with E-state index in [0.29, 0.717) is 12.0 Å².